The standard InChI is InChI=1S/C9H13ClN2S2/c1-12-5-4-11-8(6-12)14-9-3-2-7(10)13-9/h2-3,8,11H,4-6H2,1H3. The molecule has 5 heteroatoms. The number of likely N-dealkylation sites (N-methyl/N-ethyl adjacent to an activating group) is 1. The van der Waals surface area contributed by atoms with E-state index in [2.05, 4.69) is 23.3 Å². The maximum Gasteiger partial charge on any atom is 0.0940 e. The van der Waals surface area contributed by atoms with Gasteiger partial charge in [-0.05, 0) is 19.2 Å². The quantitative estimate of drug-likeness (QED) is 0.865. The Labute approximate surface area is 97.6 Å². The lowest BCUT2D eigenvalue weighted by Crippen LogP contribution is -2.47. The van der Waals surface area contributed by atoms with Crippen molar-refractivity contribution in [3.8, 4) is 0 Å². The zero-order valence-corrected chi connectivity index (χ0v) is 10.4. The molecule has 0 aliphatic carbocycles. The summed E-state index contributed by atoms with van der Waals surface area (Å²) in [5, 5.41) is 4.00. The lowest BCUT2D eigenvalue weighted by Gasteiger charge is -2.29. The number of thiophene rings is 1. The number of halogens is 1. The van der Waals surface area contributed by atoms with E-state index < -0.39 is 0 Å². The third kappa shape index (κ3) is 2.87. The van der Waals surface area contributed by atoms with Crippen molar-refractivity contribution in [1.29, 1.82) is 0 Å². The Morgan fingerprint density at radius 3 is 3.14 bits per heavy atom. The minimum atomic E-state index is 0.503. The molecule has 2 heterocycles. The van der Waals surface area contributed by atoms with Crippen LogP contribution in [-0.2, 0) is 0 Å². The van der Waals surface area contributed by atoms with E-state index in [1.165, 1.54) is 4.21 Å². The van der Waals surface area contributed by atoms with Crippen molar-refractivity contribution in [2.45, 2.75) is 9.58 Å². The molecular formula is C9H13ClN2S2. The van der Waals surface area contributed by atoms with Crippen molar-refractivity contribution < 1.29 is 0 Å². The van der Waals surface area contributed by atoms with Gasteiger partial charge in [-0.25, -0.2) is 0 Å². The van der Waals surface area contributed by atoms with Crippen LogP contribution in [0.15, 0.2) is 16.3 Å². The van der Waals surface area contributed by atoms with Gasteiger partial charge in [-0.2, -0.15) is 0 Å². The third-order valence-corrected chi connectivity index (χ3v) is 4.68. The van der Waals surface area contributed by atoms with Crippen LogP contribution in [0.25, 0.3) is 0 Å². The third-order valence-electron chi connectivity index (χ3n) is 2.15. The number of nitrogens with zero attached hydrogens (tertiary/aromatic N) is 1. The van der Waals surface area contributed by atoms with Crippen LogP contribution >= 0.6 is 34.7 Å². The van der Waals surface area contributed by atoms with Gasteiger partial charge in [-0.3, -0.25) is 0 Å². The molecule has 2 rings (SSSR count). The summed E-state index contributed by atoms with van der Waals surface area (Å²) in [5.41, 5.74) is 0. The maximum absolute atomic E-state index is 5.88. The van der Waals surface area contributed by atoms with E-state index in [1.54, 1.807) is 11.3 Å². The smallest absolute Gasteiger partial charge is 0.0940 e. The molecule has 1 aliphatic heterocycles. The fraction of sp³-hybridized carbons (Fsp3) is 0.556. The first-order valence-corrected chi connectivity index (χ1v) is 6.65. The van der Waals surface area contributed by atoms with Gasteiger partial charge >= 0.3 is 0 Å². The molecule has 1 unspecified atom stereocenters. The molecule has 0 saturated carbocycles. The molecule has 0 radical (unpaired) electrons. The SMILES string of the molecule is CN1CCNC(Sc2ccc(Cl)s2)C1. The van der Waals surface area contributed by atoms with Crippen molar-refractivity contribution in [3.05, 3.63) is 16.5 Å². The van der Waals surface area contributed by atoms with Gasteiger partial charge in [-0.1, -0.05) is 23.4 Å². The summed E-state index contributed by atoms with van der Waals surface area (Å²) in [4.78, 5) is 2.35. The highest BCUT2D eigenvalue weighted by atomic mass is 35.5. The Kier molecular flexibility index (Phi) is 3.73. The van der Waals surface area contributed by atoms with E-state index in [1.807, 2.05) is 17.8 Å². The second-order valence-electron chi connectivity index (χ2n) is 3.38. The predicted octanol–water partition coefficient (Wildman–Crippen LogP) is 2.35. The minimum Gasteiger partial charge on any atom is -0.303 e. The number of rotatable bonds is 2. The summed E-state index contributed by atoms with van der Waals surface area (Å²) in [5.74, 6) is 0. The van der Waals surface area contributed by atoms with Gasteiger partial charge in [0.1, 0.15) is 0 Å². The Morgan fingerprint density at radius 2 is 2.50 bits per heavy atom. The molecule has 0 amide bonds. The van der Waals surface area contributed by atoms with Crippen LogP contribution in [0.5, 0.6) is 0 Å². The molecule has 0 spiro atoms. The lowest BCUT2D eigenvalue weighted by molar-refractivity contribution is 0.278. The van der Waals surface area contributed by atoms with Crippen LogP contribution < -0.4 is 5.32 Å². The average Bonchev–Trinajstić information content (AvgIpc) is 2.51. The highest BCUT2D eigenvalue weighted by Gasteiger charge is 2.17. The summed E-state index contributed by atoms with van der Waals surface area (Å²) in [6, 6.07) is 4.05. The van der Waals surface area contributed by atoms with Gasteiger partial charge in [-0.15, -0.1) is 11.3 Å². The van der Waals surface area contributed by atoms with Crippen molar-refractivity contribution in [3.63, 3.8) is 0 Å². The summed E-state index contributed by atoms with van der Waals surface area (Å²) in [7, 11) is 2.16. The molecule has 2 nitrogen and oxygen atoms in total. The number of hydrogen-bond donors (Lipinski definition) is 1. The number of piperazine rings is 1. The normalized spacial score (nSPS) is 24.0. The van der Waals surface area contributed by atoms with Crippen molar-refractivity contribution in [2.75, 3.05) is 26.7 Å². The molecule has 14 heavy (non-hydrogen) atoms. The molecule has 1 aromatic rings. The van der Waals surface area contributed by atoms with E-state index in [-0.39, 0.29) is 0 Å². The minimum absolute atomic E-state index is 0.503. The van der Waals surface area contributed by atoms with E-state index in [9.17, 15) is 0 Å². The van der Waals surface area contributed by atoms with Crippen LogP contribution in [0, 0.1) is 0 Å². The average molecular weight is 249 g/mol. The first-order valence-electron chi connectivity index (χ1n) is 4.58. The second-order valence-corrected chi connectivity index (χ2v) is 6.60. The topological polar surface area (TPSA) is 15.3 Å². The molecule has 1 fully saturated rings. The van der Waals surface area contributed by atoms with Crippen LogP contribution in [-0.4, -0.2) is 37.0 Å². The molecule has 1 aliphatic rings. The van der Waals surface area contributed by atoms with Gasteiger partial charge < -0.3 is 10.2 Å². The molecule has 78 valence electrons. The highest BCUT2D eigenvalue weighted by molar-refractivity contribution is 8.01. The molecule has 1 aromatic heterocycles. The summed E-state index contributed by atoms with van der Waals surface area (Å²) in [6.07, 6.45) is 0. The van der Waals surface area contributed by atoms with Crippen molar-refractivity contribution >= 4 is 34.7 Å². The van der Waals surface area contributed by atoms with E-state index >= 15 is 0 Å². The van der Waals surface area contributed by atoms with Gasteiger partial charge in [0.15, 0.2) is 0 Å². The molecule has 1 atom stereocenters. The summed E-state index contributed by atoms with van der Waals surface area (Å²) in [6.45, 7) is 3.32. The highest BCUT2D eigenvalue weighted by Crippen LogP contribution is 2.32. The van der Waals surface area contributed by atoms with Gasteiger partial charge in [0.25, 0.3) is 0 Å². The predicted molar refractivity (Wildman–Crippen MR) is 64.5 cm³/mol. The lowest BCUT2D eigenvalue weighted by atomic mass is 10.4. The van der Waals surface area contributed by atoms with E-state index in [0.29, 0.717) is 5.37 Å². The maximum atomic E-state index is 5.88. The van der Waals surface area contributed by atoms with Crippen LogP contribution in [0.2, 0.25) is 4.34 Å². The monoisotopic (exact) mass is 248 g/mol. The Morgan fingerprint density at radius 1 is 1.64 bits per heavy atom. The fourth-order valence-electron chi connectivity index (χ4n) is 1.44. The van der Waals surface area contributed by atoms with Crippen LogP contribution in [0.4, 0.5) is 0 Å². The second kappa shape index (κ2) is 4.86. The van der Waals surface area contributed by atoms with Gasteiger partial charge in [0.2, 0.25) is 0 Å². The fourth-order valence-corrected chi connectivity index (χ4v) is 4.12. The van der Waals surface area contributed by atoms with Crippen LogP contribution in [0.3, 0.4) is 0 Å². The summed E-state index contributed by atoms with van der Waals surface area (Å²) < 4.78 is 2.17. The van der Waals surface area contributed by atoms with Crippen molar-refractivity contribution in [2.24, 2.45) is 0 Å². The number of hydrogen-bond acceptors (Lipinski definition) is 4. The molecule has 0 bridgehead atoms. The van der Waals surface area contributed by atoms with Crippen molar-refractivity contribution in [1.82, 2.24) is 10.2 Å². The zero-order chi connectivity index (χ0) is 9.97. The molecule has 1 saturated heterocycles. The van der Waals surface area contributed by atoms with E-state index in [0.717, 1.165) is 24.0 Å². The van der Waals surface area contributed by atoms with Gasteiger partial charge in [0.05, 0.1) is 13.9 Å². The summed E-state index contributed by atoms with van der Waals surface area (Å²) >= 11 is 9.40. The Bertz CT molecular complexity index is 303. The molecule has 0 aromatic carbocycles. The van der Waals surface area contributed by atoms with Crippen LogP contribution in [0.1, 0.15) is 0 Å². The first kappa shape index (κ1) is 10.8. The molecule has 1 N–H and O–H groups in total. The van der Waals surface area contributed by atoms with E-state index in [4.69, 9.17) is 11.6 Å². The number of thioether (sulfide) groups is 1. The first-order chi connectivity index (χ1) is 6.74. The molecular weight excluding hydrogens is 236 g/mol. The largest absolute Gasteiger partial charge is 0.303 e. The Hall–Kier alpha value is 0.260. The van der Waals surface area contributed by atoms with Gasteiger partial charge in [0, 0.05) is 19.6 Å². The number of nitrogens with one attached hydrogen (secondary N) is 1. The zero-order valence-electron chi connectivity index (χ0n) is 8.00. The Balaban J connectivity index is 1.90.